The smallest absolute Gasteiger partial charge is 0.356 e. The zero-order chi connectivity index (χ0) is 20.6. The summed E-state index contributed by atoms with van der Waals surface area (Å²) in [6, 6.07) is 9.22. The van der Waals surface area contributed by atoms with Gasteiger partial charge in [0.25, 0.3) is 0 Å². The molecule has 3 rings (SSSR count). The maximum atomic E-state index is 12.3. The molecular weight excluding hydrogens is 370 g/mol. The second-order valence-electron chi connectivity index (χ2n) is 6.48. The van der Waals surface area contributed by atoms with Gasteiger partial charge in [-0.15, -0.1) is 0 Å². The number of hydrogen-bond acceptors (Lipinski definition) is 6. The van der Waals surface area contributed by atoms with Crippen molar-refractivity contribution < 1.29 is 19.4 Å². The van der Waals surface area contributed by atoms with Gasteiger partial charge in [0, 0.05) is 18.2 Å². The number of benzene rings is 1. The summed E-state index contributed by atoms with van der Waals surface area (Å²) in [5.41, 5.74) is 1.86. The lowest BCUT2D eigenvalue weighted by Crippen LogP contribution is -2.27. The van der Waals surface area contributed by atoms with E-state index < -0.39 is 12.1 Å². The molecule has 2 N–H and O–H groups in total. The van der Waals surface area contributed by atoms with E-state index >= 15 is 0 Å². The highest BCUT2D eigenvalue weighted by atomic mass is 16.5. The molecule has 1 fully saturated rings. The molecule has 0 spiro atoms. The van der Waals surface area contributed by atoms with Crippen LogP contribution in [0, 0.1) is 31.6 Å². The molecule has 1 aliphatic rings. The first kappa shape index (κ1) is 21.2. The van der Waals surface area contributed by atoms with Gasteiger partial charge in [0.2, 0.25) is 0 Å². The molecule has 1 aromatic heterocycles. The number of nitrogens with one attached hydrogen (secondary N) is 1. The lowest BCUT2D eigenvalue weighted by molar-refractivity contribution is 0.0507. The van der Waals surface area contributed by atoms with Gasteiger partial charge in [-0.05, 0) is 69.9 Å². The van der Waals surface area contributed by atoms with Crippen molar-refractivity contribution in [1.82, 2.24) is 9.78 Å². The molecule has 2 aromatic rings. The van der Waals surface area contributed by atoms with Crippen LogP contribution in [-0.2, 0) is 11.3 Å². The lowest BCUT2D eigenvalue weighted by Gasteiger charge is -2.15. The van der Waals surface area contributed by atoms with E-state index in [0.29, 0.717) is 24.5 Å². The summed E-state index contributed by atoms with van der Waals surface area (Å²) in [6.07, 6.45) is 6.92. The van der Waals surface area contributed by atoms with Gasteiger partial charge in [-0.25, -0.2) is 4.79 Å². The average Bonchev–Trinajstić information content (AvgIpc) is 3.38. The van der Waals surface area contributed by atoms with Gasteiger partial charge in [-0.3, -0.25) is 4.68 Å². The Balaban J connectivity index is 1.63. The number of esters is 1. The molecule has 0 unspecified atom stereocenters. The van der Waals surface area contributed by atoms with Crippen LogP contribution in [0.3, 0.4) is 0 Å². The van der Waals surface area contributed by atoms with Crippen molar-refractivity contribution >= 4 is 11.7 Å². The number of rotatable bonds is 10. The van der Waals surface area contributed by atoms with Crippen LogP contribution < -0.4 is 10.1 Å². The van der Waals surface area contributed by atoms with Crippen LogP contribution >= 0.6 is 0 Å². The highest BCUT2D eigenvalue weighted by molar-refractivity contribution is 5.88. The summed E-state index contributed by atoms with van der Waals surface area (Å²) < 4.78 is 12.1. The molecular formula is C22H26N3O4. The number of aliphatic hydroxyl groups excluding tert-OH is 1. The Morgan fingerprint density at radius 2 is 1.90 bits per heavy atom. The third kappa shape index (κ3) is 5.73. The van der Waals surface area contributed by atoms with E-state index in [1.165, 1.54) is 4.68 Å². The summed E-state index contributed by atoms with van der Waals surface area (Å²) in [5.74, 6) is 1.26. The minimum Gasteiger partial charge on any atom is -0.494 e. The number of hydrogen-bond donors (Lipinski definition) is 2. The first-order chi connectivity index (χ1) is 14.1. The Hall–Kier alpha value is -2.54. The number of carbonyl (C=O) groups excluding carboxylic acids is 1. The normalized spacial score (nSPS) is 15.3. The molecule has 1 heterocycles. The number of ether oxygens (including phenoxy) is 2. The second kappa shape index (κ2) is 10.3. The van der Waals surface area contributed by atoms with Crippen molar-refractivity contribution in [3.63, 3.8) is 0 Å². The molecule has 5 radical (unpaired) electrons. The van der Waals surface area contributed by atoms with Gasteiger partial charge in [-0.1, -0.05) is 0 Å². The molecule has 1 aliphatic carbocycles. The third-order valence-corrected chi connectivity index (χ3v) is 4.31. The molecule has 1 aromatic carbocycles. The molecule has 1 atom stereocenters. The fourth-order valence-corrected chi connectivity index (χ4v) is 2.95. The van der Waals surface area contributed by atoms with E-state index in [9.17, 15) is 9.90 Å². The zero-order valence-corrected chi connectivity index (χ0v) is 16.7. The zero-order valence-electron chi connectivity index (χ0n) is 16.7. The van der Waals surface area contributed by atoms with Crippen molar-refractivity contribution in [2.24, 2.45) is 0 Å². The van der Waals surface area contributed by atoms with Gasteiger partial charge in [0.05, 0.1) is 31.6 Å². The molecule has 0 amide bonds. The summed E-state index contributed by atoms with van der Waals surface area (Å²) in [7, 11) is 0. The van der Waals surface area contributed by atoms with Crippen molar-refractivity contribution in [2.75, 3.05) is 25.1 Å². The summed E-state index contributed by atoms with van der Waals surface area (Å²) in [6.45, 7) is 5.06. The van der Waals surface area contributed by atoms with E-state index in [0.717, 1.165) is 17.4 Å². The van der Waals surface area contributed by atoms with Crippen LogP contribution in [-0.4, -0.2) is 46.7 Å². The highest BCUT2D eigenvalue weighted by Gasteiger charge is 2.26. The molecule has 29 heavy (non-hydrogen) atoms. The Morgan fingerprint density at radius 3 is 2.55 bits per heavy atom. The molecule has 153 valence electrons. The van der Waals surface area contributed by atoms with E-state index in [-0.39, 0.29) is 13.2 Å². The first-order valence-corrected chi connectivity index (χ1v) is 9.72. The largest absolute Gasteiger partial charge is 0.494 e. The number of aromatic nitrogens is 2. The molecule has 1 saturated carbocycles. The molecule has 0 bridgehead atoms. The van der Waals surface area contributed by atoms with Gasteiger partial charge < -0.3 is 19.9 Å². The summed E-state index contributed by atoms with van der Waals surface area (Å²) >= 11 is 0. The lowest BCUT2D eigenvalue weighted by atomic mass is 10.0. The minimum absolute atomic E-state index is 0.166. The SMILES string of the molecule is CCOC(=O)c1cc([C]2[CH][CH][CH][CH]2)nn1C[C@@H](O)CNc1ccc(OCC)cc1. The van der Waals surface area contributed by atoms with Gasteiger partial charge in [-0.2, -0.15) is 5.10 Å². The van der Waals surface area contributed by atoms with Crippen molar-refractivity contribution in [3.05, 3.63) is 73.3 Å². The Morgan fingerprint density at radius 1 is 1.17 bits per heavy atom. The minimum atomic E-state index is -0.748. The van der Waals surface area contributed by atoms with Crippen LogP contribution in [0.4, 0.5) is 5.69 Å². The highest BCUT2D eigenvalue weighted by Crippen LogP contribution is 2.29. The predicted molar refractivity (Wildman–Crippen MR) is 110 cm³/mol. The number of nitrogens with zero attached hydrogens (tertiary/aromatic N) is 2. The molecule has 7 heteroatoms. The second-order valence-corrected chi connectivity index (χ2v) is 6.48. The number of aliphatic hydroxyl groups is 1. The van der Waals surface area contributed by atoms with Crippen LogP contribution in [0.2, 0.25) is 0 Å². The van der Waals surface area contributed by atoms with Gasteiger partial charge in [0.1, 0.15) is 11.4 Å². The van der Waals surface area contributed by atoms with Crippen LogP contribution in [0.25, 0.3) is 0 Å². The van der Waals surface area contributed by atoms with E-state index in [4.69, 9.17) is 9.47 Å². The molecule has 0 saturated heterocycles. The van der Waals surface area contributed by atoms with E-state index in [1.54, 1.807) is 13.0 Å². The van der Waals surface area contributed by atoms with Crippen molar-refractivity contribution in [1.29, 1.82) is 0 Å². The monoisotopic (exact) mass is 396 g/mol. The fourth-order valence-electron chi connectivity index (χ4n) is 2.95. The van der Waals surface area contributed by atoms with Gasteiger partial charge in [0.15, 0.2) is 0 Å². The summed E-state index contributed by atoms with van der Waals surface area (Å²) in [5, 5.41) is 18.2. The van der Waals surface area contributed by atoms with Gasteiger partial charge >= 0.3 is 5.97 Å². The first-order valence-electron chi connectivity index (χ1n) is 9.72. The number of anilines is 1. The predicted octanol–water partition coefficient (Wildman–Crippen LogP) is 2.68. The van der Waals surface area contributed by atoms with Crippen molar-refractivity contribution in [2.45, 2.75) is 26.5 Å². The standard InChI is InChI=1S/C22H26N3O4/c1-3-28-19-11-9-17(10-12-19)23-14-18(26)15-25-21(22(27)29-4-2)13-20(24-25)16-7-5-6-8-16/h5-13,18,23,26H,3-4,14-15H2,1-2H3/t18-/m0/s1. The Bertz CT molecular complexity index is 782. The van der Waals surface area contributed by atoms with Crippen LogP contribution in [0.5, 0.6) is 5.75 Å². The maximum Gasteiger partial charge on any atom is 0.356 e. The fraction of sp³-hybridized carbons (Fsp3) is 0.318. The number of carbonyl (C=O) groups is 1. The van der Waals surface area contributed by atoms with E-state index in [1.807, 2.05) is 56.9 Å². The maximum absolute atomic E-state index is 12.3. The topological polar surface area (TPSA) is 85.6 Å². The van der Waals surface area contributed by atoms with Crippen molar-refractivity contribution in [3.8, 4) is 5.75 Å². The van der Waals surface area contributed by atoms with Crippen LogP contribution in [0.15, 0.2) is 30.3 Å². The van der Waals surface area contributed by atoms with E-state index in [2.05, 4.69) is 10.4 Å². The quantitative estimate of drug-likeness (QED) is 0.601. The molecule has 0 aliphatic heterocycles. The summed E-state index contributed by atoms with van der Waals surface area (Å²) in [4.78, 5) is 12.3. The Labute approximate surface area is 172 Å². The molecule has 7 nitrogen and oxygen atoms in total. The third-order valence-electron chi connectivity index (χ3n) is 4.31. The Kier molecular flexibility index (Phi) is 7.52. The van der Waals surface area contributed by atoms with Crippen LogP contribution in [0.1, 0.15) is 30.0 Å². The average molecular weight is 396 g/mol.